The molecule has 0 radical (unpaired) electrons. The van der Waals surface area contributed by atoms with Gasteiger partial charge in [0, 0.05) is 24.8 Å². The number of carbonyl (C=O) groups is 1. The van der Waals surface area contributed by atoms with Gasteiger partial charge in [0.05, 0.1) is 11.6 Å². The molecule has 2 N–H and O–H groups in total. The van der Waals surface area contributed by atoms with Crippen LogP contribution in [-0.2, 0) is 6.54 Å². The normalized spacial score (nSPS) is 9.76. The van der Waals surface area contributed by atoms with Gasteiger partial charge in [0.2, 0.25) is 0 Å². The number of hydrogen-bond donors (Lipinski definition) is 2. The van der Waals surface area contributed by atoms with Gasteiger partial charge in [0.15, 0.2) is 0 Å². The summed E-state index contributed by atoms with van der Waals surface area (Å²) in [6.07, 6.45) is 0. The van der Waals surface area contributed by atoms with Gasteiger partial charge in [-0.1, -0.05) is 24.3 Å². The first kappa shape index (κ1) is 14.6. The van der Waals surface area contributed by atoms with E-state index in [4.69, 9.17) is 5.26 Å². The largest absolute Gasteiger partial charge is 0.381 e. The highest BCUT2D eigenvalue weighted by Gasteiger charge is 2.07. The number of rotatable bonds is 4. The van der Waals surface area contributed by atoms with Crippen molar-refractivity contribution in [1.82, 2.24) is 5.32 Å². The third-order valence-electron chi connectivity index (χ3n) is 3.33. The topological polar surface area (TPSA) is 64.9 Å². The minimum Gasteiger partial charge on any atom is -0.381 e. The van der Waals surface area contributed by atoms with Crippen LogP contribution in [0.25, 0.3) is 0 Å². The number of carbonyl (C=O) groups excluding carboxylic acids is 1. The molecule has 2 rings (SSSR count). The van der Waals surface area contributed by atoms with Crippen LogP contribution in [0.15, 0.2) is 42.5 Å². The lowest BCUT2D eigenvalue weighted by atomic mass is 10.1. The molecule has 0 atom stereocenters. The molecule has 0 aliphatic heterocycles. The summed E-state index contributed by atoms with van der Waals surface area (Å²) < 4.78 is 0. The number of benzene rings is 2. The second kappa shape index (κ2) is 6.58. The van der Waals surface area contributed by atoms with Gasteiger partial charge in [0.25, 0.3) is 5.91 Å². The molecular formula is C17H17N3O. The molecule has 0 aliphatic rings. The van der Waals surface area contributed by atoms with E-state index >= 15 is 0 Å². The molecule has 2 aromatic rings. The van der Waals surface area contributed by atoms with Crippen LogP contribution < -0.4 is 10.6 Å². The molecule has 0 heterocycles. The molecule has 0 bridgehead atoms. The lowest BCUT2D eigenvalue weighted by Gasteiger charge is -2.12. The van der Waals surface area contributed by atoms with Gasteiger partial charge in [-0.3, -0.25) is 4.79 Å². The van der Waals surface area contributed by atoms with E-state index in [1.807, 2.05) is 37.3 Å². The molecule has 1 amide bonds. The van der Waals surface area contributed by atoms with Crippen LogP contribution in [-0.4, -0.2) is 13.0 Å². The molecule has 0 unspecified atom stereocenters. The molecule has 2 aromatic carbocycles. The summed E-state index contributed by atoms with van der Waals surface area (Å²) in [5.74, 6) is -0.115. The summed E-state index contributed by atoms with van der Waals surface area (Å²) in [4.78, 5) is 11.7. The summed E-state index contributed by atoms with van der Waals surface area (Å²) in [7, 11) is 1.61. The van der Waals surface area contributed by atoms with Gasteiger partial charge in [-0.05, 0) is 36.2 Å². The van der Waals surface area contributed by atoms with Crippen LogP contribution in [0.2, 0.25) is 0 Å². The SMILES string of the molecule is CNC(=O)c1ccc(C)c(NCc2ccccc2C#N)c1. The molecule has 4 nitrogen and oxygen atoms in total. The number of nitriles is 1. The Morgan fingerprint density at radius 1 is 1.24 bits per heavy atom. The number of nitrogens with one attached hydrogen (secondary N) is 2. The van der Waals surface area contributed by atoms with E-state index in [2.05, 4.69) is 16.7 Å². The molecule has 106 valence electrons. The van der Waals surface area contributed by atoms with E-state index in [9.17, 15) is 4.79 Å². The summed E-state index contributed by atoms with van der Waals surface area (Å²) in [6, 6.07) is 15.2. The van der Waals surface area contributed by atoms with Crippen molar-refractivity contribution in [2.45, 2.75) is 13.5 Å². The van der Waals surface area contributed by atoms with Crippen molar-refractivity contribution in [2.24, 2.45) is 0 Å². The third kappa shape index (κ3) is 3.40. The zero-order valence-electron chi connectivity index (χ0n) is 12.1. The fourth-order valence-corrected chi connectivity index (χ4v) is 2.07. The van der Waals surface area contributed by atoms with Gasteiger partial charge in [-0.25, -0.2) is 0 Å². The lowest BCUT2D eigenvalue weighted by Crippen LogP contribution is -2.18. The van der Waals surface area contributed by atoms with Crippen LogP contribution in [0.1, 0.15) is 27.0 Å². The second-order valence-corrected chi connectivity index (χ2v) is 4.73. The number of aryl methyl sites for hydroxylation is 1. The molecular weight excluding hydrogens is 262 g/mol. The number of hydrogen-bond acceptors (Lipinski definition) is 3. The minimum atomic E-state index is -0.115. The Kier molecular flexibility index (Phi) is 4.57. The first-order valence-corrected chi connectivity index (χ1v) is 6.70. The fraction of sp³-hybridized carbons (Fsp3) is 0.176. The number of anilines is 1. The standard InChI is InChI=1S/C17H17N3O/c1-12-7-8-13(17(21)19-2)9-16(12)20-11-15-6-4-3-5-14(15)10-18/h3-9,20H,11H2,1-2H3,(H,19,21). The van der Waals surface area contributed by atoms with Gasteiger partial charge in [-0.15, -0.1) is 0 Å². The minimum absolute atomic E-state index is 0.115. The van der Waals surface area contributed by atoms with Crippen molar-refractivity contribution >= 4 is 11.6 Å². The van der Waals surface area contributed by atoms with Crippen molar-refractivity contribution in [2.75, 3.05) is 12.4 Å². The van der Waals surface area contributed by atoms with Crippen LogP contribution in [0, 0.1) is 18.3 Å². The van der Waals surface area contributed by atoms with Crippen LogP contribution >= 0.6 is 0 Å². The highest BCUT2D eigenvalue weighted by Crippen LogP contribution is 2.18. The Hall–Kier alpha value is -2.80. The smallest absolute Gasteiger partial charge is 0.251 e. The highest BCUT2D eigenvalue weighted by atomic mass is 16.1. The molecule has 0 spiro atoms. The molecule has 0 fully saturated rings. The van der Waals surface area contributed by atoms with Crippen molar-refractivity contribution in [3.8, 4) is 6.07 Å². The monoisotopic (exact) mass is 279 g/mol. The van der Waals surface area contributed by atoms with Gasteiger partial charge in [0.1, 0.15) is 0 Å². The quantitative estimate of drug-likeness (QED) is 0.904. The van der Waals surface area contributed by atoms with Gasteiger partial charge < -0.3 is 10.6 Å². The van der Waals surface area contributed by atoms with Crippen LogP contribution in [0.4, 0.5) is 5.69 Å². The van der Waals surface area contributed by atoms with Gasteiger partial charge >= 0.3 is 0 Å². The fourth-order valence-electron chi connectivity index (χ4n) is 2.07. The average molecular weight is 279 g/mol. The van der Waals surface area contributed by atoms with Crippen molar-refractivity contribution in [3.05, 3.63) is 64.7 Å². The molecule has 0 aromatic heterocycles. The Morgan fingerprint density at radius 2 is 2.00 bits per heavy atom. The lowest BCUT2D eigenvalue weighted by molar-refractivity contribution is 0.0963. The number of amides is 1. The molecule has 4 heteroatoms. The average Bonchev–Trinajstić information content (AvgIpc) is 2.53. The van der Waals surface area contributed by atoms with Gasteiger partial charge in [-0.2, -0.15) is 5.26 Å². The second-order valence-electron chi connectivity index (χ2n) is 4.73. The maximum Gasteiger partial charge on any atom is 0.251 e. The maximum absolute atomic E-state index is 11.7. The molecule has 21 heavy (non-hydrogen) atoms. The summed E-state index contributed by atoms with van der Waals surface area (Å²) in [6.45, 7) is 2.52. The number of nitrogens with zero attached hydrogens (tertiary/aromatic N) is 1. The van der Waals surface area contributed by atoms with E-state index in [1.165, 1.54) is 0 Å². The Morgan fingerprint density at radius 3 is 2.71 bits per heavy atom. The Balaban J connectivity index is 2.20. The summed E-state index contributed by atoms with van der Waals surface area (Å²) in [5.41, 5.74) is 4.15. The predicted octanol–water partition coefficient (Wildman–Crippen LogP) is 2.84. The van der Waals surface area contributed by atoms with Crippen LogP contribution in [0.5, 0.6) is 0 Å². The van der Waals surface area contributed by atoms with Crippen LogP contribution in [0.3, 0.4) is 0 Å². The summed E-state index contributed by atoms with van der Waals surface area (Å²) in [5, 5.41) is 15.0. The summed E-state index contributed by atoms with van der Waals surface area (Å²) >= 11 is 0. The van der Waals surface area contributed by atoms with E-state index < -0.39 is 0 Å². The third-order valence-corrected chi connectivity index (χ3v) is 3.33. The van der Waals surface area contributed by atoms with E-state index in [1.54, 1.807) is 19.2 Å². The zero-order chi connectivity index (χ0) is 15.2. The Labute approximate surface area is 124 Å². The van der Waals surface area contributed by atoms with E-state index in [-0.39, 0.29) is 5.91 Å². The highest BCUT2D eigenvalue weighted by molar-refractivity contribution is 5.95. The van der Waals surface area contributed by atoms with Crippen molar-refractivity contribution in [3.63, 3.8) is 0 Å². The maximum atomic E-state index is 11.7. The molecule has 0 aliphatic carbocycles. The van der Waals surface area contributed by atoms with E-state index in [0.29, 0.717) is 17.7 Å². The zero-order valence-corrected chi connectivity index (χ0v) is 12.1. The molecule has 0 saturated heterocycles. The van der Waals surface area contributed by atoms with Crippen molar-refractivity contribution < 1.29 is 4.79 Å². The van der Waals surface area contributed by atoms with E-state index in [0.717, 1.165) is 16.8 Å². The molecule has 0 saturated carbocycles. The van der Waals surface area contributed by atoms with Crippen molar-refractivity contribution in [1.29, 1.82) is 5.26 Å². The first-order valence-electron chi connectivity index (χ1n) is 6.70. The predicted molar refractivity (Wildman–Crippen MR) is 83.1 cm³/mol. The first-order chi connectivity index (χ1) is 10.2. The Bertz CT molecular complexity index is 701.